The quantitative estimate of drug-likeness (QED) is 0.0445. The van der Waals surface area contributed by atoms with Gasteiger partial charge >= 0.3 is 11.9 Å². The monoisotopic (exact) mass is 821 g/mol. The lowest BCUT2D eigenvalue weighted by Gasteiger charge is -2.52. The molecule has 1 aromatic heterocycles. The van der Waals surface area contributed by atoms with Gasteiger partial charge in [0, 0.05) is 40.7 Å². The number of halogens is 1. The number of carboxylic acid groups (broad SMARTS) is 2. The number of nitrogens with one attached hydrogen (secondary N) is 1. The largest absolute Gasteiger partial charge is 0.504 e. The molecule has 6 heterocycles. The van der Waals surface area contributed by atoms with Crippen LogP contribution in [0.4, 0.5) is 5.13 Å². The molecule has 7 rings (SSSR count). The third kappa shape index (κ3) is 7.28. The van der Waals surface area contributed by atoms with Gasteiger partial charge in [0.05, 0.1) is 31.2 Å². The molecule has 4 saturated heterocycles. The molecule has 0 saturated carbocycles. The van der Waals surface area contributed by atoms with Crippen LogP contribution in [0.5, 0.6) is 11.5 Å². The molecule has 22 heteroatoms. The lowest BCUT2D eigenvalue weighted by Crippen LogP contribution is -2.72. The summed E-state index contributed by atoms with van der Waals surface area (Å²) in [5.41, 5.74) is 3.79. The Hall–Kier alpha value is -4.99. The van der Waals surface area contributed by atoms with E-state index >= 15 is 0 Å². The Morgan fingerprint density at radius 1 is 1.18 bits per heavy atom. The van der Waals surface area contributed by atoms with Gasteiger partial charge in [-0.3, -0.25) is 19.3 Å². The number of hydrogen-bond donors (Lipinski definition) is 6. The van der Waals surface area contributed by atoms with Crippen LogP contribution in [-0.4, -0.2) is 136 Å². The van der Waals surface area contributed by atoms with Gasteiger partial charge in [-0.15, -0.1) is 28.0 Å². The number of phenols is 2. The molecule has 4 atom stereocenters. The van der Waals surface area contributed by atoms with Gasteiger partial charge in [-0.2, -0.15) is 0 Å². The summed E-state index contributed by atoms with van der Waals surface area (Å²) in [5, 5.41) is 49.2. The van der Waals surface area contributed by atoms with Crippen molar-refractivity contribution in [3.63, 3.8) is 0 Å². The van der Waals surface area contributed by atoms with Crippen LogP contribution in [0.15, 0.2) is 39.1 Å². The second-order valence-corrected chi connectivity index (χ2v) is 16.9. The van der Waals surface area contributed by atoms with E-state index in [0.717, 1.165) is 22.3 Å². The van der Waals surface area contributed by atoms with Gasteiger partial charge in [0.2, 0.25) is 5.60 Å². The fourth-order valence-corrected chi connectivity index (χ4v) is 9.52. The Balaban J connectivity index is 1.20. The summed E-state index contributed by atoms with van der Waals surface area (Å²) in [6.45, 7) is 6.35. The van der Waals surface area contributed by atoms with E-state index in [1.807, 2.05) is 6.92 Å². The number of aliphatic carboxylic acids is 2. The molecule has 1 aromatic carbocycles. The molecular formula is C33H38ClN8O11S2+. The molecule has 3 amide bonds. The number of aromatic nitrogens is 1. The van der Waals surface area contributed by atoms with Crippen molar-refractivity contribution in [3.05, 3.63) is 50.0 Å². The molecule has 294 valence electrons. The van der Waals surface area contributed by atoms with Crippen LogP contribution in [0.3, 0.4) is 0 Å². The molecule has 5 aliphatic rings. The number of carbonyl (C=O) groups excluding carboxylic acids is 3. The van der Waals surface area contributed by atoms with E-state index in [0.29, 0.717) is 42.5 Å². The first-order chi connectivity index (χ1) is 25.9. The van der Waals surface area contributed by atoms with Gasteiger partial charge < -0.3 is 45.7 Å². The highest BCUT2D eigenvalue weighted by atomic mass is 35.5. The number of piperidine rings is 1. The van der Waals surface area contributed by atoms with Crippen LogP contribution in [0.1, 0.15) is 50.9 Å². The second kappa shape index (κ2) is 14.9. The Morgan fingerprint density at radius 3 is 2.47 bits per heavy atom. The van der Waals surface area contributed by atoms with E-state index in [9.17, 15) is 49.3 Å². The first kappa shape index (κ1) is 39.7. The average molecular weight is 822 g/mol. The minimum Gasteiger partial charge on any atom is -0.504 e. The third-order valence-corrected chi connectivity index (χ3v) is 13.0. The molecule has 5 aliphatic heterocycles. The van der Waals surface area contributed by atoms with Crippen molar-refractivity contribution in [2.24, 2.45) is 10.3 Å². The first-order valence-corrected chi connectivity index (χ1v) is 19.2. The smallest absolute Gasteiger partial charge is 0.352 e. The summed E-state index contributed by atoms with van der Waals surface area (Å²) in [7, 11) is 0. The molecule has 2 aromatic rings. The van der Waals surface area contributed by atoms with Crippen LogP contribution in [0.25, 0.3) is 0 Å². The average Bonchev–Trinajstić information content (AvgIpc) is 3.38. The van der Waals surface area contributed by atoms with E-state index in [1.54, 1.807) is 4.90 Å². The Labute approximate surface area is 326 Å². The molecule has 4 fully saturated rings. The fourth-order valence-electron chi connectivity index (χ4n) is 7.27. The van der Waals surface area contributed by atoms with Gasteiger partial charge in [-0.1, -0.05) is 28.0 Å². The number of oxime groups is 1. The molecule has 7 N–H and O–H groups in total. The minimum absolute atomic E-state index is 0.0142. The number of nitrogens with two attached hydrogens (primary N) is 1. The van der Waals surface area contributed by atoms with E-state index < -0.39 is 75.2 Å². The number of β-lactam (4-membered cyclic amide) rings is 1. The third-order valence-electron chi connectivity index (χ3n) is 10.4. The highest BCUT2D eigenvalue weighted by Crippen LogP contribution is 2.46. The number of carboxylic acids is 2. The standard InChI is InChI=1S/C33H37ClN8O11S2/c1-14-17(12-42-9-6-15(7-10-42)40(8-11-42)27(46)21(38-52)16-4-5-19(43)25(44)20(16)34)24(30(48)49)41-28(47)23(29(41)55-14)37-26(45)22(18-13-54-32(35)36-18)39-53-33(2,3)31(50)51/h4-5,13-15,21,23,29H,6-12H2,1-3H3,(H6-,35,36,37,39,43,44,45,48,49,50,51)/p+1/t14-,15?,21?,23+,29+,42?/m0/s1. The van der Waals surface area contributed by atoms with Crippen LogP contribution in [0, 0.1) is 4.91 Å². The summed E-state index contributed by atoms with van der Waals surface area (Å²) >= 11 is 8.47. The molecule has 55 heavy (non-hydrogen) atoms. The predicted molar refractivity (Wildman–Crippen MR) is 198 cm³/mol. The zero-order chi connectivity index (χ0) is 40.1. The highest BCUT2D eigenvalue weighted by Gasteiger charge is 2.57. The summed E-state index contributed by atoms with van der Waals surface area (Å²) in [5.74, 6) is -6.04. The number of hydrogen-bond acceptors (Lipinski definition) is 15. The Morgan fingerprint density at radius 2 is 1.87 bits per heavy atom. The summed E-state index contributed by atoms with van der Waals surface area (Å²) in [4.78, 5) is 89.4. The molecule has 2 bridgehead atoms. The SMILES string of the molecule is C[C@@H]1S[C@@H]2[C@H](NC(=O)C(=NOC(C)(C)C(=O)O)c3csc(N)n3)C(=O)N2C(C(=O)O)=C1C[N+]12CCC(CC1)N(C(=O)C(N=O)c1ccc(O)c(O)c1Cl)CC2. The van der Waals surface area contributed by atoms with Crippen molar-refractivity contribution < 1.29 is 53.7 Å². The van der Waals surface area contributed by atoms with E-state index in [1.165, 1.54) is 37.1 Å². The maximum Gasteiger partial charge on any atom is 0.352 e. The normalized spacial score (nSPS) is 25.7. The number of nitrogen functional groups attached to an aromatic ring is 1. The summed E-state index contributed by atoms with van der Waals surface area (Å²) < 4.78 is 0.424. The molecule has 0 radical (unpaired) electrons. The van der Waals surface area contributed by atoms with E-state index in [4.69, 9.17) is 22.2 Å². The number of anilines is 1. The van der Waals surface area contributed by atoms with Crippen molar-refractivity contribution in [3.8, 4) is 11.5 Å². The summed E-state index contributed by atoms with van der Waals surface area (Å²) in [6, 6.07) is -0.578. The maximum absolute atomic E-state index is 13.8. The van der Waals surface area contributed by atoms with Crippen molar-refractivity contribution in [2.75, 3.05) is 38.5 Å². The maximum atomic E-state index is 13.8. The number of amides is 3. The van der Waals surface area contributed by atoms with Crippen LogP contribution >= 0.6 is 34.7 Å². The van der Waals surface area contributed by atoms with Gasteiger partial charge in [-0.25, -0.2) is 14.6 Å². The van der Waals surface area contributed by atoms with Gasteiger partial charge in [0.15, 0.2) is 28.4 Å². The number of quaternary nitrogens is 1. The number of rotatable bonds is 12. The molecule has 19 nitrogen and oxygen atoms in total. The molecule has 0 spiro atoms. The number of carbonyl (C=O) groups is 5. The number of fused-ring (bicyclic) bond motifs is 5. The predicted octanol–water partition coefficient (Wildman–Crippen LogP) is 1.83. The highest BCUT2D eigenvalue weighted by molar-refractivity contribution is 8.00. The molecule has 0 aliphatic carbocycles. The lowest BCUT2D eigenvalue weighted by atomic mass is 9.97. The number of thioether (sulfide) groups is 1. The lowest BCUT2D eigenvalue weighted by molar-refractivity contribution is -0.925. The number of benzene rings is 1. The molecular weight excluding hydrogens is 784 g/mol. The molecule has 1 unspecified atom stereocenters. The van der Waals surface area contributed by atoms with Crippen molar-refractivity contribution >= 4 is 75.2 Å². The Kier molecular flexibility index (Phi) is 10.8. The zero-order valence-electron chi connectivity index (χ0n) is 29.7. The summed E-state index contributed by atoms with van der Waals surface area (Å²) in [6.07, 6.45) is 1.09. The number of nitrogens with zero attached hydrogens (tertiary/aromatic N) is 6. The minimum atomic E-state index is -1.81. The van der Waals surface area contributed by atoms with Crippen LogP contribution in [0.2, 0.25) is 5.02 Å². The fraction of sp³-hybridized carbons (Fsp3) is 0.485. The van der Waals surface area contributed by atoms with Gasteiger partial charge in [0.25, 0.3) is 17.7 Å². The van der Waals surface area contributed by atoms with Gasteiger partial charge in [-0.05, 0) is 26.8 Å². The van der Waals surface area contributed by atoms with E-state index in [2.05, 4.69) is 20.6 Å². The number of phenolic OH excluding ortho intramolecular Hbond substituents is 2. The number of aromatic hydroxyl groups is 2. The van der Waals surface area contributed by atoms with Crippen LogP contribution < -0.4 is 11.1 Å². The van der Waals surface area contributed by atoms with Crippen LogP contribution in [-0.2, 0) is 28.8 Å². The second-order valence-electron chi connectivity index (χ2n) is 14.2. The van der Waals surface area contributed by atoms with E-state index in [-0.39, 0.29) is 46.2 Å². The number of nitroso groups, excluding NO2 is 1. The zero-order valence-corrected chi connectivity index (χ0v) is 32.1. The topological polar surface area (TPSA) is 275 Å². The first-order valence-electron chi connectivity index (χ1n) is 17.0. The number of thiazole rings is 1. The Bertz CT molecular complexity index is 2030. The van der Waals surface area contributed by atoms with Gasteiger partial charge in [0.1, 0.15) is 29.4 Å². The van der Waals surface area contributed by atoms with Crippen molar-refractivity contribution in [2.45, 2.75) is 68.0 Å². The van der Waals surface area contributed by atoms with Crippen molar-refractivity contribution in [1.29, 1.82) is 0 Å². The van der Waals surface area contributed by atoms with Crippen molar-refractivity contribution in [1.82, 2.24) is 20.1 Å².